The fourth-order valence-electron chi connectivity index (χ4n) is 2.79. The van der Waals surface area contributed by atoms with Crippen LogP contribution in [-0.2, 0) is 6.42 Å². The van der Waals surface area contributed by atoms with Crippen LogP contribution >= 0.6 is 0 Å². The lowest BCUT2D eigenvalue weighted by atomic mass is 9.92. The number of rotatable bonds is 1. The molecule has 0 saturated heterocycles. The molecular formula is C15H18N2O. The maximum atomic E-state index is 9.07. The summed E-state index contributed by atoms with van der Waals surface area (Å²) in [7, 11) is 0. The van der Waals surface area contributed by atoms with Crippen molar-refractivity contribution in [2.75, 3.05) is 0 Å². The summed E-state index contributed by atoms with van der Waals surface area (Å²) in [6.07, 6.45) is 2.98. The summed E-state index contributed by atoms with van der Waals surface area (Å²) in [5.74, 6) is 0.537. The maximum Gasteiger partial charge on any atom is 0.103 e. The Bertz CT molecular complexity index is 623. The van der Waals surface area contributed by atoms with Crippen LogP contribution in [0.15, 0.2) is 23.4 Å². The molecule has 0 saturated carbocycles. The van der Waals surface area contributed by atoms with Gasteiger partial charge in [-0.2, -0.15) is 0 Å². The monoisotopic (exact) mass is 242 g/mol. The molecule has 1 aliphatic carbocycles. The summed E-state index contributed by atoms with van der Waals surface area (Å²) >= 11 is 0. The number of fused-ring (bicyclic) bond motifs is 3. The number of aromatic nitrogens is 1. The third kappa shape index (κ3) is 1.62. The lowest BCUT2D eigenvalue weighted by molar-refractivity contribution is 0.317. The fraction of sp³-hybridized carbons (Fsp3) is 0.400. The molecule has 0 radical (unpaired) electrons. The SMILES string of the molecule is CC(C)c1ccc2[nH]c3c(c2c1)CCC/C3=N/O. The Balaban J connectivity index is 2.24. The van der Waals surface area contributed by atoms with Crippen LogP contribution in [0.4, 0.5) is 0 Å². The van der Waals surface area contributed by atoms with Crippen LogP contribution in [0.25, 0.3) is 10.9 Å². The van der Waals surface area contributed by atoms with Gasteiger partial charge in [-0.15, -0.1) is 0 Å². The Morgan fingerprint density at radius 2 is 2.11 bits per heavy atom. The molecule has 94 valence electrons. The van der Waals surface area contributed by atoms with Gasteiger partial charge in [-0.05, 0) is 48.4 Å². The number of H-pyrrole nitrogens is 1. The molecule has 3 heteroatoms. The van der Waals surface area contributed by atoms with E-state index in [1.54, 1.807) is 0 Å². The molecule has 1 aromatic carbocycles. The van der Waals surface area contributed by atoms with Crippen LogP contribution in [0.2, 0.25) is 0 Å². The van der Waals surface area contributed by atoms with Gasteiger partial charge in [0, 0.05) is 10.9 Å². The van der Waals surface area contributed by atoms with Gasteiger partial charge >= 0.3 is 0 Å². The topological polar surface area (TPSA) is 48.4 Å². The standard InChI is InChI=1S/C15H18N2O/c1-9(2)10-6-7-13-12(8-10)11-4-3-5-14(17-18)15(11)16-13/h6-9,16,18H,3-5H2,1-2H3/b17-14-. The van der Waals surface area contributed by atoms with Crippen LogP contribution < -0.4 is 0 Å². The third-order valence-corrected chi connectivity index (χ3v) is 3.85. The van der Waals surface area contributed by atoms with Gasteiger partial charge in [-0.25, -0.2) is 0 Å². The normalized spacial score (nSPS) is 17.6. The molecule has 0 bridgehead atoms. The van der Waals surface area contributed by atoms with Gasteiger partial charge in [0.25, 0.3) is 0 Å². The summed E-state index contributed by atoms with van der Waals surface area (Å²) in [5.41, 5.74) is 5.63. The molecule has 0 amide bonds. The molecule has 0 atom stereocenters. The number of benzene rings is 1. The highest BCUT2D eigenvalue weighted by Crippen LogP contribution is 2.31. The van der Waals surface area contributed by atoms with Crippen molar-refractivity contribution < 1.29 is 5.21 Å². The van der Waals surface area contributed by atoms with Gasteiger partial charge in [0.15, 0.2) is 0 Å². The van der Waals surface area contributed by atoms with E-state index in [0.717, 1.165) is 36.2 Å². The van der Waals surface area contributed by atoms with Crippen LogP contribution in [0.1, 0.15) is 49.4 Å². The highest BCUT2D eigenvalue weighted by atomic mass is 16.4. The first-order chi connectivity index (χ1) is 8.70. The minimum Gasteiger partial charge on any atom is -0.411 e. The zero-order chi connectivity index (χ0) is 12.7. The average molecular weight is 242 g/mol. The summed E-state index contributed by atoms with van der Waals surface area (Å²) in [6.45, 7) is 4.42. The van der Waals surface area contributed by atoms with Crippen molar-refractivity contribution in [1.82, 2.24) is 4.98 Å². The zero-order valence-corrected chi connectivity index (χ0v) is 10.8. The molecule has 2 aromatic rings. The molecule has 1 aromatic heterocycles. The number of nitrogens with zero attached hydrogens (tertiary/aromatic N) is 1. The third-order valence-electron chi connectivity index (χ3n) is 3.85. The van der Waals surface area contributed by atoms with Crippen molar-refractivity contribution in [3.63, 3.8) is 0 Å². The van der Waals surface area contributed by atoms with Crippen molar-refractivity contribution in [2.24, 2.45) is 5.16 Å². The molecule has 3 rings (SSSR count). The molecule has 1 heterocycles. The van der Waals surface area contributed by atoms with E-state index in [0.29, 0.717) is 5.92 Å². The van der Waals surface area contributed by atoms with Crippen LogP contribution in [0.5, 0.6) is 0 Å². The van der Waals surface area contributed by atoms with Gasteiger partial charge < -0.3 is 10.2 Å². The Morgan fingerprint density at radius 1 is 1.28 bits per heavy atom. The van der Waals surface area contributed by atoms with E-state index in [2.05, 4.69) is 42.2 Å². The molecular weight excluding hydrogens is 224 g/mol. The number of aromatic amines is 1. The van der Waals surface area contributed by atoms with E-state index in [-0.39, 0.29) is 0 Å². The predicted octanol–water partition coefficient (Wildman–Crippen LogP) is 3.81. The number of hydrogen-bond acceptors (Lipinski definition) is 2. The molecule has 0 unspecified atom stereocenters. The van der Waals surface area contributed by atoms with Crippen LogP contribution in [0.3, 0.4) is 0 Å². The minimum absolute atomic E-state index is 0.537. The Labute approximate surface area is 107 Å². The van der Waals surface area contributed by atoms with Crippen LogP contribution in [0, 0.1) is 0 Å². The maximum absolute atomic E-state index is 9.07. The van der Waals surface area contributed by atoms with Crippen molar-refractivity contribution >= 4 is 16.6 Å². The summed E-state index contributed by atoms with van der Waals surface area (Å²) in [6, 6.07) is 6.58. The molecule has 2 N–H and O–H groups in total. The van der Waals surface area contributed by atoms with Crippen molar-refractivity contribution in [3.8, 4) is 0 Å². The fourth-order valence-corrected chi connectivity index (χ4v) is 2.79. The molecule has 0 spiro atoms. The van der Waals surface area contributed by atoms with Crippen molar-refractivity contribution in [1.29, 1.82) is 0 Å². The summed E-state index contributed by atoms with van der Waals surface area (Å²) < 4.78 is 0. The number of nitrogens with one attached hydrogen (secondary N) is 1. The first-order valence-electron chi connectivity index (χ1n) is 6.56. The lowest BCUT2D eigenvalue weighted by Crippen LogP contribution is -2.11. The van der Waals surface area contributed by atoms with E-state index >= 15 is 0 Å². The van der Waals surface area contributed by atoms with E-state index in [9.17, 15) is 0 Å². The second-order valence-corrected chi connectivity index (χ2v) is 5.34. The van der Waals surface area contributed by atoms with Gasteiger partial charge in [0.05, 0.1) is 5.69 Å². The first-order valence-corrected chi connectivity index (χ1v) is 6.56. The number of oxime groups is 1. The lowest BCUT2D eigenvalue weighted by Gasteiger charge is -2.12. The minimum atomic E-state index is 0.537. The molecule has 18 heavy (non-hydrogen) atoms. The second kappa shape index (κ2) is 4.16. The smallest absolute Gasteiger partial charge is 0.103 e. The first kappa shape index (κ1) is 11.3. The number of hydrogen-bond donors (Lipinski definition) is 2. The van der Waals surface area contributed by atoms with Gasteiger partial charge in [-0.1, -0.05) is 25.1 Å². The molecule has 0 fully saturated rings. The summed E-state index contributed by atoms with van der Waals surface area (Å²) in [5, 5.41) is 13.8. The van der Waals surface area contributed by atoms with E-state index in [1.807, 2.05) is 0 Å². The van der Waals surface area contributed by atoms with Crippen molar-refractivity contribution in [2.45, 2.75) is 39.0 Å². The quantitative estimate of drug-likeness (QED) is 0.580. The van der Waals surface area contributed by atoms with Crippen LogP contribution in [-0.4, -0.2) is 15.9 Å². The molecule has 1 aliphatic rings. The highest BCUT2D eigenvalue weighted by molar-refractivity contribution is 6.06. The van der Waals surface area contributed by atoms with Gasteiger partial charge in [0.2, 0.25) is 0 Å². The Morgan fingerprint density at radius 3 is 2.83 bits per heavy atom. The Kier molecular flexibility index (Phi) is 2.62. The average Bonchev–Trinajstić information content (AvgIpc) is 2.76. The zero-order valence-electron chi connectivity index (χ0n) is 10.8. The van der Waals surface area contributed by atoms with E-state index in [4.69, 9.17) is 5.21 Å². The largest absolute Gasteiger partial charge is 0.411 e. The molecule has 3 nitrogen and oxygen atoms in total. The molecule has 0 aliphatic heterocycles. The van der Waals surface area contributed by atoms with E-state index in [1.165, 1.54) is 16.5 Å². The van der Waals surface area contributed by atoms with Crippen molar-refractivity contribution in [3.05, 3.63) is 35.0 Å². The van der Waals surface area contributed by atoms with Gasteiger partial charge in [-0.3, -0.25) is 0 Å². The van der Waals surface area contributed by atoms with Gasteiger partial charge in [0.1, 0.15) is 5.71 Å². The number of aryl methyl sites for hydroxylation is 1. The summed E-state index contributed by atoms with van der Waals surface area (Å²) in [4.78, 5) is 3.39. The van der Waals surface area contributed by atoms with E-state index < -0.39 is 0 Å². The highest BCUT2D eigenvalue weighted by Gasteiger charge is 2.21. The predicted molar refractivity (Wildman–Crippen MR) is 73.6 cm³/mol. The Hall–Kier alpha value is -1.77. The second-order valence-electron chi connectivity index (χ2n) is 5.34.